The average Bonchev–Trinajstić information content (AvgIpc) is 2.96. The number of benzene rings is 1. The molecule has 1 unspecified atom stereocenters. The van der Waals surface area contributed by atoms with E-state index in [4.69, 9.17) is 0 Å². The van der Waals surface area contributed by atoms with Crippen molar-refractivity contribution in [2.45, 2.75) is 18.9 Å². The van der Waals surface area contributed by atoms with Gasteiger partial charge in [0.15, 0.2) is 9.84 Å². The van der Waals surface area contributed by atoms with Crippen LogP contribution in [-0.2, 0) is 15.4 Å². The highest BCUT2D eigenvalue weighted by atomic mass is 32.2. The summed E-state index contributed by atoms with van der Waals surface area (Å²) in [6.07, 6.45) is 2.36. The van der Waals surface area contributed by atoms with Crippen molar-refractivity contribution in [2.75, 3.05) is 11.5 Å². The molecule has 2 aromatic rings. The highest BCUT2D eigenvalue weighted by Crippen LogP contribution is 2.33. The van der Waals surface area contributed by atoms with Gasteiger partial charge in [-0.25, -0.2) is 8.42 Å². The molecule has 3 rings (SSSR count). The minimum atomic E-state index is -2.94. The van der Waals surface area contributed by atoms with Gasteiger partial charge >= 0.3 is 0 Å². The molecule has 1 aromatic carbocycles. The molecule has 1 saturated heterocycles. The van der Waals surface area contributed by atoms with Crippen molar-refractivity contribution in [3.05, 3.63) is 42.6 Å². The number of nitrogens with zero attached hydrogens (tertiary/aromatic N) is 2. The Kier molecular flexibility index (Phi) is 2.74. The van der Waals surface area contributed by atoms with E-state index in [1.807, 2.05) is 48.0 Å². The number of aromatic nitrogens is 2. The molecule has 0 amide bonds. The van der Waals surface area contributed by atoms with E-state index in [-0.39, 0.29) is 11.5 Å². The maximum Gasteiger partial charge on any atom is 0.152 e. The van der Waals surface area contributed by atoms with E-state index < -0.39 is 15.4 Å². The first-order valence-corrected chi connectivity index (χ1v) is 8.13. The number of hydrogen-bond acceptors (Lipinski definition) is 3. The number of hydrogen-bond donors (Lipinski definition) is 0. The molecule has 4 nitrogen and oxygen atoms in total. The monoisotopic (exact) mass is 276 g/mol. The summed E-state index contributed by atoms with van der Waals surface area (Å²) >= 11 is 0. The van der Waals surface area contributed by atoms with Crippen LogP contribution in [0.15, 0.2) is 42.6 Å². The van der Waals surface area contributed by atoms with Crippen LogP contribution in [-0.4, -0.2) is 29.7 Å². The van der Waals surface area contributed by atoms with Crippen molar-refractivity contribution < 1.29 is 8.42 Å². The summed E-state index contributed by atoms with van der Waals surface area (Å²) in [6.45, 7) is 1.97. The fourth-order valence-corrected chi connectivity index (χ4v) is 4.83. The number of rotatable bonds is 2. The maximum atomic E-state index is 11.7. The lowest BCUT2D eigenvalue weighted by Crippen LogP contribution is -2.32. The van der Waals surface area contributed by atoms with E-state index in [2.05, 4.69) is 5.10 Å². The lowest BCUT2D eigenvalue weighted by atomic mass is 10.0. The van der Waals surface area contributed by atoms with Gasteiger partial charge in [0.1, 0.15) is 0 Å². The van der Waals surface area contributed by atoms with Gasteiger partial charge in [0.2, 0.25) is 0 Å². The van der Waals surface area contributed by atoms with Crippen LogP contribution in [0, 0.1) is 0 Å². The molecule has 0 N–H and O–H groups in total. The smallest absolute Gasteiger partial charge is 0.152 e. The first-order chi connectivity index (χ1) is 9.00. The van der Waals surface area contributed by atoms with Gasteiger partial charge in [0, 0.05) is 6.20 Å². The Morgan fingerprint density at radius 2 is 1.95 bits per heavy atom. The summed E-state index contributed by atoms with van der Waals surface area (Å²) in [5, 5.41) is 4.36. The van der Waals surface area contributed by atoms with Gasteiger partial charge in [0.05, 0.1) is 22.7 Å². The molecule has 100 valence electrons. The molecule has 1 atom stereocenters. The van der Waals surface area contributed by atoms with Crippen molar-refractivity contribution >= 4 is 9.84 Å². The van der Waals surface area contributed by atoms with Gasteiger partial charge < -0.3 is 0 Å². The largest absolute Gasteiger partial charge is 0.258 e. The standard InChI is InChI=1S/C14H16N2O2S/c1-14(8-10-19(17,18)11-14)16-13(7-9-15-16)12-5-3-2-4-6-12/h2-7,9H,8,10-11H2,1H3. The van der Waals surface area contributed by atoms with Crippen LogP contribution in [0.3, 0.4) is 0 Å². The van der Waals surface area contributed by atoms with Crippen LogP contribution in [0.5, 0.6) is 0 Å². The molecular formula is C14H16N2O2S. The molecule has 1 aliphatic rings. The predicted octanol–water partition coefficient (Wildman–Crippen LogP) is 2.08. The first-order valence-electron chi connectivity index (χ1n) is 6.31. The third kappa shape index (κ3) is 2.18. The Morgan fingerprint density at radius 3 is 2.58 bits per heavy atom. The third-order valence-electron chi connectivity index (χ3n) is 3.71. The fraction of sp³-hybridized carbons (Fsp3) is 0.357. The molecule has 2 heterocycles. The fourth-order valence-electron chi connectivity index (χ4n) is 2.72. The summed E-state index contributed by atoms with van der Waals surface area (Å²) < 4.78 is 25.4. The SMILES string of the molecule is CC1(n2nccc2-c2ccccc2)CCS(=O)(=O)C1. The minimum Gasteiger partial charge on any atom is -0.258 e. The van der Waals surface area contributed by atoms with Crippen LogP contribution < -0.4 is 0 Å². The number of sulfone groups is 1. The van der Waals surface area contributed by atoms with Crippen molar-refractivity contribution in [1.82, 2.24) is 9.78 Å². The van der Waals surface area contributed by atoms with E-state index in [1.54, 1.807) is 6.20 Å². The van der Waals surface area contributed by atoms with Crippen LogP contribution in [0.1, 0.15) is 13.3 Å². The lowest BCUT2D eigenvalue weighted by Gasteiger charge is -2.25. The summed E-state index contributed by atoms with van der Waals surface area (Å²) in [7, 11) is -2.94. The van der Waals surface area contributed by atoms with Gasteiger partial charge in [0.25, 0.3) is 0 Å². The molecule has 0 aliphatic carbocycles. The van der Waals surface area contributed by atoms with Crippen LogP contribution in [0.4, 0.5) is 0 Å². The zero-order chi connectivity index (χ0) is 13.5. The van der Waals surface area contributed by atoms with E-state index >= 15 is 0 Å². The van der Waals surface area contributed by atoms with E-state index in [0.717, 1.165) is 11.3 Å². The van der Waals surface area contributed by atoms with Gasteiger partial charge in [-0.15, -0.1) is 0 Å². The summed E-state index contributed by atoms with van der Waals surface area (Å²) in [4.78, 5) is 0. The maximum absolute atomic E-state index is 11.7. The molecule has 1 fully saturated rings. The minimum absolute atomic E-state index is 0.168. The normalized spacial score (nSPS) is 25.5. The molecule has 19 heavy (non-hydrogen) atoms. The van der Waals surface area contributed by atoms with E-state index in [9.17, 15) is 8.42 Å². The Balaban J connectivity index is 2.07. The summed E-state index contributed by atoms with van der Waals surface area (Å²) in [5.74, 6) is 0.416. The zero-order valence-corrected chi connectivity index (χ0v) is 11.6. The summed E-state index contributed by atoms with van der Waals surface area (Å²) in [5.41, 5.74) is 1.60. The molecule has 1 aromatic heterocycles. The van der Waals surface area contributed by atoms with Crippen molar-refractivity contribution in [2.24, 2.45) is 0 Å². The lowest BCUT2D eigenvalue weighted by molar-refractivity contribution is 0.333. The second-order valence-electron chi connectivity index (χ2n) is 5.33. The molecule has 1 aliphatic heterocycles. The first kappa shape index (κ1) is 12.4. The average molecular weight is 276 g/mol. The second-order valence-corrected chi connectivity index (χ2v) is 7.52. The molecule has 0 bridgehead atoms. The van der Waals surface area contributed by atoms with Gasteiger partial charge in [-0.2, -0.15) is 5.10 Å². The van der Waals surface area contributed by atoms with Crippen molar-refractivity contribution in [1.29, 1.82) is 0 Å². The Hall–Kier alpha value is -1.62. The van der Waals surface area contributed by atoms with Gasteiger partial charge in [-0.05, 0) is 25.0 Å². The molecule has 0 radical (unpaired) electrons. The topological polar surface area (TPSA) is 52.0 Å². The Labute approximate surface area is 113 Å². The summed E-state index contributed by atoms with van der Waals surface area (Å²) in [6, 6.07) is 11.9. The molecule has 5 heteroatoms. The van der Waals surface area contributed by atoms with Crippen molar-refractivity contribution in [3.8, 4) is 11.3 Å². The predicted molar refractivity (Wildman–Crippen MR) is 74.6 cm³/mol. The van der Waals surface area contributed by atoms with Gasteiger partial charge in [-0.1, -0.05) is 30.3 Å². The quantitative estimate of drug-likeness (QED) is 0.844. The highest BCUT2D eigenvalue weighted by Gasteiger charge is 2.41. The highest BCUT2D eigenvalue weighted by molar-refractivity contribution is 7.91. The molecule has 0 saturated carbocycles. The molecular weight excluding hydrogens is 260 g/mol. The van der Waals surface area contributed by atoms with Gasteiger partial charge in [-0.3, -0.25) is 4.68 Å². The molecule has 0 spiro atoms. The Morgan fingerprint density at radius 1 is 1.21 bits per heavy atom. The zero-order valence-electron chi connectivity index (χ0n) is 10.8. The third-order valence-corrected chi connectivity index (χ3v) is 5.59. The van der Waals surface area contributed by atoms with Crippen LogP contribution >= 0.6 is 0 Å². The second kappa shape index (κ2) is 4.20. The van der Waals surface area contributed by atoms with Crippen LogP contribution in [0.2, 0.25) is 0 Å². The van der Waals surface area contributed by atoms with E-state index in [0.29, 0.717) is 6.42 Å². The van der Waals surface area contributed by atoms with Crippen molar-refractivity contribution in [3.63, 3.8) is 0 Å². The van der Waals surface area contributed by atoms with E-state index in [1.165, 1.54) is 0 Å². The Bertz CT molecular complexity index is 691. The van der Waals surface area contributed by atoms with Crippen LogP contribution in [0.25, 0.3) is 11.3 Å².